The highest BCUT2D eigenvalue weighted by Gasteiger charge is 2.30. The molecule has 0 aliphatic carbocycles. The third-order valence-corrected chi connectivity index (χ3v) is 20.5. The van der Waals surface area contributed by atoms with Crippen molar-refractivity contribution >= 4 is 39.5 Å². The molecular weight excluding hydrogens is 1280 g/mol. The highest BCUT2D eigenvalue weighted by atomic mass is 31.2. The van der Waals surface area contributed by atoms with Gasteiger partial charge in [0.05, 0.1) is 26.4 Å². The molecule has 0 heterocycles. The molecule has 0 saturated carbocycles. The van der Waals surface area contributed by atoms with Crippen LogP contribution in [0.4, 0.5) is 0 Å². The van der Waals surface area contributed by atoms with Crippen molar-refractivity contribution in [2.75, 3.05) is 39.6 Å². The molecule has 582 valence electrons. The first-order valence-electron chi connectivity index (χ1n) is 41.3. The quantitative estimate of drug-likeness (QED) is 0.0222. The summed E-state index contributed by atoms with van der Waals surface area (Å²) in [5.74, 6) is -2.10. The number of ether oxygens (including phenoxy) is 4. The van der Waals surface area contributed by atoms with Gasteiger partial charge in [0.2, 0.25) is 0 Å². The Hall–Kier alpha value is -1.94. The molecule has 0 aromatic rings. The van der Waals surface area contributed by atoms with Crippen LogP contribution in [0, 0.1) is 0 Å². The monoisotopic (exact) mass is 1440 g/mol. The van der Waals surface area contributed by atoms with E-state index in [-0.39, 0.29) is 25.7 Å². The Bertz CT molecular complexity index is 1860. The van der Waals surface area contributed by atoms with Crippen LogP contribution in [0.15, 0.2) is 0 Å². The van der Waals surface area contributed by atoms with Crippen molar-refractivity contribution in [2.24, 2.45) is 0 Å². The van der Waals surface area contributed by atoms with Gasteiger partial charge in [0, 0.05) is 25.7 Å². The summed E-state index contributed by atoms with van der Waals surface area (Å²) in [5.41, 5.74) is 0. The number of phosphoric ester groups is 2. The summed E-state index contributed by atoms with van der Waals surface area (Å²) in [6, 6.07) is 0. The molecule has 0 aromatic heterocycles. The average molecular weight is 1440 g/mol. The lowest BCUT2D eigenvalue weighted by molar-refractivity contribution is -0.161. The fourth-order valence-electron chi connectivity index (χ4n) is 12.3. The zero-order chi connectivity index (χ0) is 71.8. The van der Waals surface area contributed by atoms with Crippen LogP contribution in [0.5, 0.6) is 0 Å². The van der Waals surface area contributed by atoms with Gasteiger partial charge in [-0.1, -0.05) is 374 Å². The molecule has 5 unspecified atom stereocenters. The van der Waals surface area contributed by atoms with E-state index in [9.17, 15) is 43.2 Å². The number of rotatable bonds is 80. The van der Waals surface area contributed by atoms with Crippen molar-refractivity contribution in [3.05, 3.63) is 0 Å². The number of carbonyl (C=O) groups is 4. The van der Waals surface area contributed by atoms with Crippen LogP contribution < -0.4 is 0 Å². The summed E-state index contributed by atoms with van der Waals surface area (Å²) in [6.45, 7) is 5.03. The maximum Gasteiger partial charge on any atom is 0.472 e. The Morgan fingerprint density at radius 3 is 0.602 bits per heavy atom. The van der Waals surface area contributed by atoms with Gasteiger partial charge in [-0.15, -0.1) is 0 Å². The third-order valence-electron chi connectivity index (χ3n) is 18.6. The lowest BCUT2D eigenvalue weighted by atomic mass is 10.0. The number of hydrogen-bond donors (Lipinski definition) is 3. The van der Waals surface area contributed by atoms with Crippen LogP contribution in [0.3, 0.4) is 0 Å². The highest BCUT2D eigenvalue weighted by Crippen LogP contribution is 2.45. The molecule has 0 aliphatic rings. The van der Waals surface area contributed by atoms with Crippen LogP contribution in [-0.4, -0.2) is 96.7 Å². The van der Waals surface area contributed by atoms with Crippen LogP contribution in [-0.2, 0) is 65.4 Å². The Kier molecular flexibility index (Phi) is 71.9. The van der Waals surface area contributed by atoms with Gasteiger partial charge < -0.3 is 33.8 Å². The van der Waals surface area contributed by atoms with Crippen molar-refractivity contribution in [2.45, 2.75) is 444 Å². The molecular formula is C79H154O17P2. The van der Waals surface area contributed by atoms with Crippen molar-refractivity contribution in [3.63, 3.8) is 0 Å². The average Bonchev–Trinajstić information content (AvgIpc) is 0.959. The van der Waals surface area contributed by atoms with Gasteiger partial charge in [-0.05, 0) is 25.7 Å². The van der Waals surface area contributed by atoms with Crippen molar-refractivity contribution in [1.29, 1.82) is 0 Å². The van der Waals surface area contributed by atoms with Crippen LogP contribution in [0.1, 0.15) is 426 Å². The SMILES string of the molecule is CCCCCCCCCCCCCCCCCC(=O)OCC(COP(=O)(O)OCC(O)COP(=O)(O)OCC(COC(=O)CCCCCCCCCCCCCCCCC)OC(=O)CCCCCCCCCCCCCCCCC)OC(=O)CCCCCCCCCCCCCCC. The first-order valence-corrected chi connectivity index (χ1v) is 44.3. The van der Waals surface area contributed by atoms with Gasteiger partial charge in [-0.2, -0.15) is 0 Å². The number of phosphoric acid groups is 2. The second-order valence-corrected chi connectivity index (χ2v) is 31.4. The minimum Gasteiger partial charge on any atom is -0.462 e. The van der Waals surface area contributed by atoms with E-state index in [1.807, 2.05) is 0 Å². The van der Waals surface area contributed by atoms with Crippen LogP contribution in [0.2, 0.25) is 0 Å². The molecule has 19 heteroatoms. The Morgan fingerprint density at radius 2 is 0.408 bits per heavy atom. The van der Waals surface area contributed by atoms with Gasteiger partial charge >= 0.3 is 39.5 Å². The Morgan fingerprint density at radius 1 is 0.245 bits per heavy atom. The lowest BCUT2D eigenvalue weighted by Gasteiger charge is -2.21. The molecule has 98 heavy (non-hydrogen) atoms. The molecule has 3 N–H and O–H groups in total. The number of esters is 4. The second-order valence-electron chi connectivity index (χ2n) is 28.5. The fourth-order valence-corrected chi connectivity index (χ4v) is 13.9. The standard InChI is InChI=1S/C79H154O17P2/c1-5-9-13-17-21-25-29-33-36-40-43-47-51-55-59-63-76(81)89-69-74(95-78(83)65-61-57-53-49-45-39-32-28-24-20-16-12-8-4)71-93-97(85,86)91-67-73(80)68-92-98(87,88)94-72-75(96-79(84)66-62-58-54-50-46-42-38-35-31-27-23-19-15-11-7-3)70-90-77(82)64-60-56-52-48-44-41-37-34-30-26-22-18-14-10-6-2/h73-75,80H,5-72H2,1-4H3,(H,85,86)(H,87,88). The molecule has 0 radical (unpaired) electrons. The summed E-state index contributed by atoms with van der Waals surface area (Å²) in [6.07, 6.45) is 64.9. The highest BCUT2D eigenvalue weighted by molar-refractivity contribution is 7.47. The molecule has 17 nitrogen and oxygen atoms in total. The number of hydrogen-bond acceptors (Lipinski definition) is 15. The minimum atomic E-state index is -4.96. The van der Waals surface area contributed by atoms with Crippen molar-refractivity contribution < 1.29 is 80.2 Å². The summed E-state index contributed by atoms with van der Waals surface area (Å²) >= 11 is 0. The topological polar surface area (TPSA) is 237 Å². The van der Waals surface area contributed by atoms with E-state index >= 15 is 0 Å². The predicted octanol–water partition coefficient (Wildman–Crippen LogP) is 23.8. The maximum atomic E-state index is 13.1. The largest absolute Gasteiger partial charge is 0.472 e. The number of unbranched alkanes of at least 4 members (excludes halogenated alkanes) is 54. The fraction of sp³-hybridized carbons (Fsp3) is 0.949. The van der Waals surface area contributed by atoms with E-state index in [2.05, 4.69) is 27.7 Å². The van der Waals surface area contributed by atoms with E-state index in [0.717, 1.165) is 89.9 Å². The molecule has 0 aliphatic heterocycles. The molecule has 5 atom stereocenters. The zero-order valence-electron chi connectivity index (χ0n) is 63.8. The number of aliphatic hydroxyl groups excluding tert-OH is 1. The third kappa shape index (κ3) is 72.4. The van der Waals surface area contributed by atoms with E-state index in [4.69, 9.17) is 37.0 Å². The van der Waals surface area contributed by atoms with E-state index in [1.54, 1.807) is 0 Å². The second kappa shape index (κ2) is 73.4. The molecule has 0 spiro atoms. The predicted molar refractivity (Wildman–Crippen MR) is 400 cm³/mol. The normalized spacial score (nSPS) is 13.8. The Labute approximate surface area is 600 Å². The molecule has 0 bridgehead atoms. The van der Waals surface area contributed by atoms with E-state index < -0.39 is 97.5 Å². The first-order chi connectivity index (χ1) is 47.7. The van der Waals surface area contributed by atoms with Gasteiger partial charge in [0.25, 0.3) is 0 Å². The lowest BCUT2D eigenvalue weighted by Crippen LogP contribution is -2.30. The molecule has 0 amide bonds. The number of carbonyl (C=O) groups excluding carboxylic acids is 4. The maximum absolute atomic E-state index is 13.1. The van der Waals surface area contributed by atoms with Crippen molar-refractivity contribution in [1.82, 2.24) is 0 Å². The van der Waals surface area contributed by atoms with Gasteiger partial charge in [-0.3, -0.25) is 37.3 Å². The van der Waals surface area contributed by atoms with Crippen molar-refractivity contribution in [3.8, 4) is 0 Å². The Balaban J connectivity index is 5.26. The summed E-state index contributed by atoms with van der Waals surface area (Å²) in [4.78, 5) is 73.0. The summed E-state index contributed by atoms with van der Waals surface area (Å²) < 4.78 is 68.7. The summed E-state index contributed by atoms with van der Waals surface area (Å²) in [5, 5.41) is 10.6. The van der Waals surface area contributed by atoms with E-state index in [0.29, 0.717) is 25.7 Å². The molecule has 0 fully saturated rings. The van der Waals surface area contributed by atoms with E-state index in [1.165, 1.54) is 257 Å². The summed E-state index contributed by atoms with van der Waals surface area (Å²) in [7, 11) is -9.91. The molecule has 0 rings (SSSR count). The van der Waals surface area contributed by atoms with Gasteiger partial charge in [-0.25, -0.2) is 9.13 Å². The zero-order valence-corrected chi connectivity index (χ0v) is 65.6. The molecule has 0 saturated heterocycles. The van der Waals surface area contributed by atoms with Crippen LogP contribution in [0.25, 0.3) is 0 Å². The van der Waals surface area contributed by atoms with Crippen LogP contribution >= 0.6 is 15.6 Å². The van der Waals surface area contributed by atoms with Gasteiger partial charge in [0.1, 0.15) is 19.3 Å². The minimum absolute atomic E-state index is 0.109. The first kappa shape index (κ1) is 96.1. The smallest absolute Gasteiger partial charge is 0.462 e. The van der Waals surface area contributed by atoms with Gasteiger partial charge in [0.15, 0.2) is 12.2 Å². The molecule has 0 aromatic carbocycles. The number of aliphatic hydroxyl groups is 1.